The summed E-state index contributed by atoms with van der Waals surface area (Å²) in [6.07, 6.45) is 0.656. The van der Waals surface area contributed by atoms with Crippen LogP contribution in [-0.2, 0) is 16.4 Å². The second-order valence-electron chi connectivity index (χ2n) is 6.44. The maximum Gasteiger partial charge on any atom is 0.262 e. The highest BCUT2D eigenvalue weighted by Crippen LogP contribution is 2.40. The first kappa shape index (κ1) is 19.7. The number of likely N-dealkylation sites (N-methyl/N-ethyl adjacent to an activating group) is 1. The number of hydrogen-bond donors (Lipinski definition) is 1. The average Bonchev–Trinajstić information content (AvgIpc) is 2.63. The number of benzene rings is 2. The van der Waals surface area contributed by atoms with Crippen molar-refractivity contribution in [3.8, 4) is 11.5 Å². The van der Waals surface area contributed by atoms with E-state index in [1.807, 2.05) is 19.0 Å². The zero-order valence-electron chi connectivity index (χ0n) is 15.1. The van der Waals surface area contributed by atoms with Gasteiger partial charge < -0.3 is 14.4 Å². The van der Waals surface area contributed by atoms with Crippen molar-refractivity contribution in [2.24, 2.45) is 0 Å². The molecule has 0 spiro atoms. The van der Waals surface area contributed by atoms with Gasteiger partial charge in [0.1, 0.15) is 23.9 Å². The van der Waals surface area contributed by atoms with Crippen molar-refractivity contribution in [1.82, 2.24) is 4.90 Å². The van der Waals surface area contributed by atoms with Crippen molar-refractivity contribution in [2.75, 3.05) is 32.5 Å². The molecule has 0 aliphatic carbocycles. The first-order chi connectivity index (χ1) is 12.7. The highest BCUT2D eigenvalue weighted by Gasteiger charge is 2.28. The Morgan fingerprint density at radius 2 is 2.04 bits per heavy atom. The molecule has 2 aromatic carbocycles. The zero-order chi connectivity index (χ0) is 19.8. The fraction of sp³-hybridized carbons (Fsp3) is 0.333. The second-order valence-corrected chi connectivity index (χ2v) is 8.53. The van der Waals surface area contributed by atoms with Gasteiger partial charge in [-0.2, -0.15) is 0 Å². The molecule has 1 aliphatic rings. The molecule has 146 valence electrons. The first-order valence-electron chi connectivity index (χ1n) is 8.20. The zero-order valence-corrected chi connectivity index (χ0v) is 16.7. The summed E-state index contributed by atoms with van der Waals surface area (Å²) in [4.78, 5) is 1.90. The average molecular weight is 415 g/mol. The Bertz CT molecular complexity index is 966. The van der Waals surface area contributed by atoms with Crippen LogP contribution in [0.15, 0.2) is 35.2 Å². The Labute approximate surface area is 162 Å². The molecule has 9 heteroatoms. The van der Waals surface area contributed by atoms with Gasteiger partial charge in [0.25, 0.3) is 10.0 Å². The topological polar surface area (TPSA) is 67.9 Å². The van der Waals surface area contributed by atoms with E-state index in [2.05, 4.69) is 4.72 Å². The van der Waals surface area contributed by atoms with Gasteiger partial charge in [0.05, 0.1) is 22.7 Å². The van der Waals surface area contributed by atoms with E-state index in [1.54, 1.807) is 19.2 Å². The summed E-state index contributed by atoms with van der Waals surface area (Å²) < 4.78 is 52.5. The van der Waals surface area contributed by atoms with Gasteiger partial charge in [0, 0.05) is 11.6 Å². The molecule has 2 aromatic rings. The van der Waals surface area contributed by atoms with Crippen molar-refractivity contribution < 1.29 is 22.3 Å². The fourth-order valence-corrected chi connectivity index (χ4v) is 4.23. The van der Waals surface area contributed by atoms with Crippen LogP contribution in [-0.4, -0.2) is 47.2 Å². The van der Waals surface area contributed by atoms with E-state index in [4.69, 9.17) is 21.1 Å². The molecule has 0 amide bonds. The molecule has 0 aromatic heterocycles. The summed E-state index contributed by atoms with van der Waals surface area (Å²) in [6.45, 7) is 0.421. The predicted octanol–water partition coefficient (Wildman–Crippen LogP) is 3.15. The quantitative estimate of drug-likeness (QED) is 0.814. The number of sulfonamides is 1. The summed E-state index contributed by atoms with van der Waals surface area (Å²) in [5.74, 6) is 0.379. The molecule has 0 radical (unpaired) electrons. The Hall–Kier alpha value is -2.03. The summed E-state index contributed by atoms with van der Waals surface area (Å²) in [5, 5.41) is -0.264. The largest absolute Gasteiger partial charge is 0.496 e. The number of anilines is 1. The monoisotopic (exact) mass is 414 g/mol. The van der Waals surface area contributed by atoms with E-state index in [0.717, 1.165) is 23.8 Å². The molecular formula is C18H20ClFN2O4S. The minimum atomic E-state index is -3.97. The van der Waals surface area contributed by atoms with Crippen LogP contribution in [0.3, 0.4) is 0 Å². The standard InChI is InChI=1S/C18H20ClFN2O4S/c1-22(2)11-8-13-17(25-3)7-6-16(18(13)26-10-11)21-27(23,24)12-4-5-15(20)14(19)9-12/h4-7,9,11,21H,8,10H2,1-3H3/t11-/m1/s1. The van der Waals surface area contributed by atoms with Crippen LogP contribution in [0.4, 0.5) is 10.1 Å². The molecule has 27 heavy (non-hydrogen) atoms. The molecule has 0 saturated heterocycles. The molecule has 3 rings (SSSR count). The van der Waals surface area contributed by atoms with Crippen LogP contribution >= 0.6 is 11.6 Å². The maximum absolute atomic E-state index is 13.3. The number of nitrogens with one attached hydrogen (secondary N) is 1. The van der Waals surface area contributed by atoms with Crippen molar-refractivity contribution in [2.45, 2.75) is 17.4 Å². The highest BCUT2D eigenvalue weighted by molar-refractivity contribution is 7.92. The SMILES string of the molecule is COc1ccc(NS(=O)(=O)c2ccc(F)c(Cl)c2)c2c1C[C@@H](N(C)C)CO2. The van der Waals surface area contributed by atoms with E-state index < -0.39 is 15.8 Å². The summed E-state index contributed by atoms with van der Waals surface area (Å²) in [6, 6.07) is 6.65. The third-order valence-electron chi connectivity index (χ3n) is 4.47. The highest BCUT2D eigenvalue weighted by atomic mass is 35.5. The molecule has 1 atom stereocenters. The Morgan fingerprint density at radius 1 is 1.30 bits per heavy atom. The Kier molecular flexibility index (Phi) is 5.50. The third-order valence-corrected chi connectivity index (χ3v) is 6.13. The lowest BCUT2D eigenvalue weighted by molar-refractivity contribution is 0.164. The number of methoxy groups -OCH3 is 1. The molecule has 6 nitrogen and oxygen atoms in total. The number of fused-ring (bicyclic) bond motifs is 1. The number of halogens is 2. The van der Waals surface area contributed by atoms with Gasteiger partial charge in [-0.1, -0.05) is 11.6 Å². The summed E-state index contributed by atoms with van der Waals surface area (Å²) in [5.41, 5.74) is 1.09. The predicted molar refractivity (Wildman–Crippen MR) is 102 cm³/mol. The molecule has 0 unspecified atom stereocenters. The summed E-state index contributed by atoms with van der Waals surface area (Å²) in [7, 11) is 1.50. The van der Waals surface area contributed by atoms with E-state index >= 15 is 0 Å². The fourth-order valence-electron chi connectivity index (χ4n) is 2.89. The van der Waals surface area contributed by atoms with Crippen LogP contribution < -0.4 is 14.2 Å². The van der Waals surface area contributed by atoms with Crippen molar-refractivity contribution in [3.63, 3.8) is 0 Å². The maximum atomic E-state index is 13.3. The van der Waals surface area contributed by atoms with Gasteiger partial charge in [-0.05, 0) is 50.8 Å². The van der Waals surface area contributed by atoms with Crippen LogP contribution in [0.5, 0.6) is 11.5 Å². The van der Waals surface area contributed by atoms with E-state index in [0.29, 0.717) is 30.2 Å². The third kappa shape index (κ3) is 3.97. The molecule has 0 bridgehead atoms. The molecule has 1 N–H and O–H groups in total. The molecule has 0 fully saturated rings. The number of nitrogens with zero attached hydrogens (tertiary/aromatic N) is 1. The second kappa shape index (κ2) is 7.53. The normalized spacial score (nSPS) is 16.6. The molecular weight excluding hydrogens is 395 g/mol. The molecule has 1 aliphatic heterocycles. The van der Waals surface area contributed by atoms with Gasteiger partial charge >= 0.3 is 0 Å². The van der Waals surface area contributed by atoms with Crippen LogP contribution in [0, 0.1) is 5.82 Å². The van der Waals surface area contributed by atoms with Gasteiger partial charge in [-0.15, -0.1) is 0 Å². The summed E-state index contributed by atoms with van der Waals surface area (Å²) >= 11 is 5.71. The number of ether oxygens (including phenoxy) is 2. The van der Waals surface area contributed by atoms with Crippen LogP contribution in [0.1, 0.15) is 5.56 Å². The smallest absolute Gasteiger partial charge is 0.262 e. The van der Waals surface area contributed by atoms with Crippen LogP contribution in [0.2, 0.25) is 5.02 Å². The Balaban J connectivity index is 1.98. The minimum Gasteiger partial charge on any atom is -0.496 e. The van der Waals surface area contributed by atoms with E-state index in [1.165, 1.54) is 0 Å². The van der Waals surface area contributed by atoms with Gasteiger partial charge in [0.15, 0.2) is 0 Å². The van der Waals surface area contributed by atoms with Gasteiger partial charge in [-0.3, -0.25) is 4.72 Å². The van der Waals surface area contributed by atoms with Crippen molar-refractivity contribution in [1.29, 1.82) is 0 Å². The van der Waals surface area contributed by atoms with Gasteiger partial charge in [-0.25, -0.2) is 12.8 Å². The molecule has 0 saturated carbocycles. The first-order valence-corrected chi connectivity index (χ1v) is 10.1. The van der Waals surface area contributed by atoms with Gasteiger partial charge in [0.2, 0.25) is 0 Å². The van der Waals surface area contributed by atoms with Crippen LogP contribution in [0.25, 0.3) is 0 Å². The number of rotatable bonds is 5. The van der Waals surface area contributed by atoms with E-state index in [-0.39, 0.29) is 16.0 Å². The molecule has 1 heterocycles. The van der Waals surface area contributed by atoms with E-state index in [9.17, 15) is 12.8 Å². The lowest BCUT2D eigenvalue weighted by Crippen LogP contribution is -2.38. The number of hydrogen-bond acceptors (Lipinski definition) is 5. The van der Waals surface area contributed by atoms with Crippen molar-refractivity contribution in [3.05, 3.63) is 46.7 Å². The lowest BCUT2D eigenvalue weighted by Gasteiger charge is -2.32. The lowest BCUT2D eigenvalue weighted by atomic mass is 10.00. The van der Waals surface area contributed by atoms with Crippen molar-refractivity contribution >= 4 is 27.3 Å². The minimum absolute atomic E-state index is 0.138. The Morgan fingerprint density at radius 3 is 2.67 bits per heavy atom.